The van der Waals surface area contributed by atoms with Crippen molar-refractivity contribution in [1.82, 2.24) is 0 Å². The van der Waals surface area contributed by atoms with E-state index >= 15 is 0 Å². The smallest absolute Gasteiger partial charge is 0.121 e. The fourth-order valence-electron chi connectivity index (χ4n) is 3.29. The molecule has 2 aliphatic rings. The summed E-state index contributed by atoms with van der Waals surface area (Å²) in [6.07, 6.45) is 3.22. The first kappa shape index (κ1) is 13.9. The lowest BCUT2D eigenvalue weighted by molar-refractivity contribution is -0.129. The molecule has 1 unspecified atom stereocenters. The Bertz CT molecular complexity index is 517. The predicted octanol–water partition coefficient (Wildman–Crippen LogP) is 3.39. The standard InChI is InChI=1S/C17H24O3/c1-15(2)11-17(18,16(3,4)20-15)12-6-5-7-14(10-12)19-13-8-9-13/h5-7,10,13,18H,8-9,11H2,1-4H3. The maximum Gasteiger partial charge on any atom is 0.121 e. The molecule has 1 atom stereocenters. The summed E-state index contributed by atoms with van der Waals surface area (Å²) < 4.78 is 11.9. The molecule has 1 saturated heterocycles. The molecular formula is C17H24O3. The van der Waals surface area contributed by atoms with Crippen LogP contribution in [0.25, 0.3) is 0 Å². The van der Waals surface area contributed by atoms with Gasteiger partial charge >= 0.3 is 0 Å². The van der Waals surface area contributed by atoms with Crippen LogP contribution < -0.4 is 4.74 Å². The fourth-order valence-corrected chi connectivity index (χ4v) is 3.29. The SMILES string of the molecule is CC1(C)CC(O)(c2cccc(OC3CC3)c2)C(C)(C)O1. The zero-order valence-electron chi connectivity index (χ0n) is 12.8. The highest BCUT2D eigenvalue weighted by Crippen LogP contribution is 2.51. The van der Waals surface area contributed by atoms with Gasteiger partial charge in [0.15, 0.2) is 0 Å². The molecule has 0 aromatic heterocycles. The summed E-state index contributed by atoms with van der Waals surface area (Å²) in [7, 11) is 0. The Kier molecular flexibility index (Phi) is 2.93. The van der Waals surface area contributed by atoms with E-state index in [0.717, 1.165) is 24.2 Å². The van der Waals surface area contributed by atoms with E-state index in [1.54, 1.807) is 0 Å². The lowest BCUT2D eigenvalue weighted by atomic mass is 9.77. The van der Waals surface area contributed by atoms with Crippen LogP contribution in [0.15, 0.2) is 24.3 Å². The minimum atomic E-state index is -0.987. The van der Waals surface area contributed by atoms with Gasteiger partial charge in [0.25, 0.3) is 0 Å². The van der Waals surface area contributed by atoms with Crippen LogP contribution in [-0.4, -0.2) is 22.4 Å². The van der Waals surface area contributed by atoms with Crippen molar-refractivity contribution in [3.05, 3.63) is 29.8 Å². The molecule has 0 radical (unpaired) electrons. The molecule has 20 heavy (non-hydrogen) atoms. The highest BCUT2D eigenvalue weighted by atomic mass is 16.5. The monoisotopic (exact) mass is 276 g/mol. The van der Waals surface area contributed by atoms with Gasteiger partial charge in [-0.05, 0) is 58.2 Å². The molecule has 1 aromatic rings. The summed E-state index contributed by atoms with van der Waals surface area (Å²) in [5.74, 6) is 0.846. The van der Waals surface area contributed by atoms with Crippen LogP contribution in [0, 0.1) is 0 Å². The molecule has 1 saturated carbocycles. The van der Waals surface area contributed by atoms with E-state index in [4.69, 9.17) is 9.47 Å². The Morgan fingerprint density at radius 1 is 1.20 bits per heavy atom. The highest BCUT2D eigenvalue weighted by molar-refractivity contribution is 5.36. The van der Waals surface area contributed by atoms with Crippen molar-refractivity contribution in [2.24, 2.45) is 0 Å². The number of ether oxygens (including phenoxy) is 2. The Balaban J connectivity index is 1.94. The second-order valence-corrected chi connectivity index (χ2v) is 7.25. The second kappa shape index (κ2) is 4.22. The number of benzene rings is 1. The van der Waals surface area contributed by atoms with Crippen molar-refractivity contribution >= 4 is 0 Å². The Labute approximate surface area is 120 Å². The molecule has 0 amide bonds. The zero-order valence-corrected chi connectivity index (χ0v) is 12.8. The quantitative estimate of drug-likeness (QED) is 0.919. The van der Waals surface area contributed by atoms with Crippen LogP contribution >= 0.6 is 0 Å². The van der Waals surface area contributed by atoms with Crippen molar-refractivity contribution in [2.45, 2.75) is 69.9 Å². The summed E-state index contributed by atoms with van der Waals surface area (Å²) in [4.78, 5) is 0. The molecule has 110 valence electrons. The number of hydrogen-bond donors (Lipinski definition) is 1. The minimum Gasteiger partial charge on any atom is -0.490 e. The third-order valence-corrected chi connectivity index (χ3v) is 4.35. The Morgan fingerprint density at radius 2 is 1.90 bits per heavy atom. The molecule has 0 bridgehead atoms. The maximum atomic E-state index is 11.2. The van der Waals surface area contributed by atoms with Gasteiger partial charge in [-0.1, -0.05) is 12.1 Å². The van der Waals surface area contributed by atoms with Gasteiger partial charge in [-0.2, -0.15) is 0 Å². The predicted molar refractivity (Wildman–Crippen MR) is 77.8 cm³/mol. The lowest BCUT2D eigenvalue weighted by Crippen LogP contribution is -2.43. The summed E-state index contributed by atoms with van der Waals surface area (Å²) in [6, 6.07) is 7.84. The first-order valence-electron chi connectivity index (χ1n) is 7.42. The first-order valence-corrected chi connectivity index (χ1v) is 7.42. The van der Waals surface area contributed by atoms with Crippen molar-refractivity contribution < 1.29 is 14.6 Å². The average molecular weight is 276 g/mol. The van der Waals surface area contributed by atoms with Crippen molar-refractivity contribution in [3.63, 3.8) is 0 Å². The van der Waals surface area contributed by atoms with Crippen LogP contribution in [0.4, 0.5) is 0 Å². The van der Waals surface area contributed by atoms with Gasteiger partial charge in [-0.3, -0.25) is 0 Å². The molecule has 3 rings (SSSR count). The molecule has 3 heteroatoms. The van der Waals surface area contributed by atoms with Gasteiger partial charge in [-0.15, -0.1) is 0 Å². The molecule has 1 aromatic carbocycles. The van der Waals surface area contributed by atoms with Crippen molar-refractivity contribution in [2.75, 3.05) is 0 Å². The molecule has 1 heterocycles. The van der Waals surface area contributed by atoms with Gasteiger partial charge in [0.1, 0.15) is 11.4 Å². The van der Waals surface area contributed by atoms with Crippen LogP contribution in [0.3, 0.4) is 0 Å². The highest BCUT2D eigenvalue weighted by Gasteiger charge is 2.57. The minimum absolute atomic E-state index is 0.328. The number of rotatable bonds is 3. The summed E-state index contributed by atoms with van der Waals surface area (Å²) in [6.45, 7) is 7.96. The molecule has 1 N–H and O–H groups in total. The Morgan fingerprint density at radius 3 is 2.45 bits per heavy atom. The van der Waals surface area contributed by atoms with Crippen LogP contribution in [0.5, 0.6) is 5.75 Å². The third-order valence-electron chi connectivity index (χ3n) is 4.35. The largest absolute Gasteiger partial charge is 0.490 e. The van der Waals surface area contributed by atoms with Gasteiger partial charge < -0.3 is 14.6 Å². The number of aliphatic hydroxyl groups is 1. The second-order valence-electron chi connectivity index (χ2n) is 7.25. The average Bonchev–Trinajstić information content (AvgIpc) is 3.07. The molecule has 1 aliphatic heterocycles. The van der Waals surface area contributed by atoms with Crippen molar-refractivity contribution in [1.29, 1.82) is 0 Å². The van der Waals surface area contributed by atoms with E-state index in [1.165, 1.54) is 0 Å². The summed E-state index contributed by atoms with van der Waals surface area (Å²) in [5.41, 5.74) is -1.05. The van der Waals surface area contributed by atoms with Crippen LogP contribution in [0.2, 0.25) is 0 Å². The summed E-state index contributed by atoms with van der Waals surface area (Å²) in [5, 5.41) is 11.2. The topological polar surface area (TPSA) is 38.7 Å². The maximum absolute atomic E-state index is 11.2. The Hall–Kier alpha value is -1.06. The fraction of sp³-hybridized carbons (Fsp3) is 0.647. The summed E-state index contributed by atoms with van der Waals surface area (Å²) >= 11 is 0. The third kappa shape index (κ3) is 2.33. The molecular weight excluding hydrogens is 252 g/mol. The van der Waals surface area contributed by atoms with Crippen molar-refractivity contribution in [3.8, 4) is 5.75 Å². The lowest BCUT2D eigenvalue weighted by Gasteiger charge is -2.35. The van der Waals surface area contributed by atoms with Gasteiger partial charge in [0.2, 0.25) is 0 Å². The van der Waals surface area contributed by atoms with Gasteiger partial charge in [0.05, 0.1) is 17.3 Å². The van der Waals surface area contributed by atoms with E-state index in [0.29, 0.717) is 12.5 Å². The van der Waals surface area contributed by atoms with Crippen LogP contribution in [0.1, 0.15) is 52.5 Å². The normalized spacial score (nSPS) is 31.2. The van der Waals surface area contributed by atoms with E-state index in [2.05, 4.69) is 0 Å². The van der Waals surface area contributed by atoms with E-state index in [-0.39, 0.29) is 5.60 Å². The van der Waals surface area contributed by atoms with Gasteiger partial charge in [-0.25, -0.2) is 0 Å². The molecule has 2 fully saturated rings. The number of hydrogen-bond acceptors (Lipinski definition) is 3. The van der Waals surface area contributed by atoms with E-state index in [9.17, 15) is 5.11 Å². The van der Waals surface area contributed by atoms with E-state index < -0.39 is 11.2 Å². The van der Waals surface area contributed by atoms with Gasteiger partial charge in [0, 0.05) is 6.42 Å². The first-order chi connectivity index (χ1) is 9.22. The zero-order chi connectivity index (χ0) is 14.6. The molecule has 0 spiro atoms. The van der Waals surface area contributed by atoms with E-state index in [1.807, 2.05) is 52.0 Å². The van der Waals surface area contributed by atoms with Crippen LogP contribution in [-0.2, 0) is 10.3 Å². The molecule has 3 nitrogen and oxygen atoms in total. The molecule has 1 aliphatic carbocycles.